The molecule has 0 bridgehead atoms. The van der Waals surface area contributed by atoms with Crippen LogP contribution in [0.15, 0.2) is 48.2 Å². The predicted molar refractivity (Wildman–Crippen MR) is 82.3 cm³/mol. The number of nitrogens with two attached hydrogens (primary N) is 2. The smallest absolute Gasteiger partial charge is 0.253 e. The number of hydrogen-bond donors (Lipinski definition) is 3. The fraction of sp³-hybridized carbons (Fsp3) is 0.143. The molecule has 2 rings (SSSR count). The van der Waals surface area contributed by atoms with Crippen LogP contribution in [-0.2, 0) is 11.3 Å². The SMILES string of the molecule is C/C(N)=C/C(=C\N)C(=O)NCc1ncn2ccc(Cl)cc12. The van der Waals surface area contributed by atoms with Gasteiger partial charge in [0.1, 0.15) is 0 Å². The number of carbonyl (C=O) groups excluding carboxylic acids is 1. The number of halogens is 1. The Morgan fingerprint density at radius 2 is 2.33 bits per heavy atom. The van der Waals surface area contributed by atoms with E-state index >= 15 is 0 Å². The third-order valence-electron chi connectivity index (χ3n) is 2.82. The van der Waals surface area contributed by atoms with Gasteiger partial charge in [0.15, 0.2) is 0 Å². The minimum Gasteiger partial charge on any atom is -0.404 e. The van der Waals surface area contributed by atoms with Crippen LogP contribution in [-0.4, -0.2) is 15.3 Å². The third kappa shape index (κ3) is 3.55. The first-order valence-corrected chi connectivity index (χ1v) is 6.64. The number of imidazole rings is 1. The second-order valence-corrected chi connectivity index (χ2v) is 4.96. The number of aromatic nitrogens is 2. The second kappa shape index (κ2) is 6.32. The van der Waals surface area contributed by atoms with E-state index in [1.165, 1.54) is 12.3 Å². The number of amides is 1. The van der Waals surface area contributed by atoms with Gasteiger partial charge >= 0.3 is 0 Å². The maximum Gasteiger partial charge on any atom is 0.253 e. The van der Waals surface area contributed by atoms with Gasteiger partial charge in [0.2, 0.25) is 0 Å². The molecule has 2 aromatic heterocycles. The molecule has 21 heavy (non-hydrogen) atoms. The highest BCUT2D eigenvalue weighted by Gasteiger charge is 2.09. The fourth-order valence-electron chi connectivity index (χ4n) is 1.85. The molecule has 0 aliphatic rings. The van der Waals surface area contributed by atoms with Crippen molar-refractivity contribution >= 4 is 23.0 Å². The lowest BCUT2D eigenvalue weighted by atomic mass is 10.2. The number of nitrogens with zero attached hydrogens (tertiary/aromatic N) is 2. The van der Waals surface area contributed by atoms with Crippen molar-refractivity contribution in [3.05, 3.63) is 58.9 Å². The van der Waals surface area contributed by atoms with Crippen LogP contribution in [0.1, 0.15) is 12.6 Å². The second-order valence-electron chi connectivity index (χ2n) is 4.52. The standard InChI is InChI=1S/C14H16ClN5O/c1-9(17)4-10(6-16)14(21)18-7-12-13-5-11(15)2-3-20(13)8-19-12/h2-6,8H,7,16-17H2,1H3,(H,18,21)/b9-4-,10-6+. The maximum atomic E-state index is 12.0. The van der Waals surface area contributed by atoms with E-state index in [0.717, 1.165) is 11.2 Å². The average Bonchev–Trinajstić information content (AvgIpc) is 2.84. The van der Waals surface area contributed by atoms with E-state index in [2.05, 4.69) is 10.3 Å². The van der Waals surface area contributed by atoms with Crippen LogP contribution in [0.5, 0.6) is 0 Å². The lowest BCUT2D eigenvalue weighted by molar-refractivity contribution is -0.117. The van der Waals surface area contributed by atoms with E-state index in [-0.39, 0.29) is 12.5 Å². The van der Waals surface area contributed by atoms with Gasteiger partial charge in [-0.1, -0.05) is 11.6 Å². The Bertz CT molecular complexity index is 728. The van der Waals surface area contributed by atoms with Crippen molar-refractivity contribution in [3.8, 4) is 0 Å². The zero-order valence-corrected chi connectivity index (χ0v) is 12.3. The maximum absolute atomic E-state index is 12.0. The Balaban J connectivity index is 2.13. The van der Waals surface area contributed by atoms with Gasteiger partial charge < -0.3 is 21.2 Å². The highest BCUT2D eigenvalue weighted by Crippen LogP contribution is 2.15. The summed E-state index contributed by atoms with van der Waals surface area (Å²) < 4.78 is 1.83. The van der Waals surface area contributed by atoms with E-state index < -0.39 is 0 Å². The van der Waals surface area contributed by atoms with Crippen molar-refractivity contribution < 1.29 is 4.79 Å². The first-order chi connectivity index (χ1) is 10.0. The van der Waals surface area contributed by atoms with Crippen LogP contribution in [0.3, 0.4) is 0 Å². The monoisotopic (exact) mass is 305 g/mol. The van der Waals surface area contributed by atoms with Gasteiger partial charge in [0, 0.05) is 23.1 Å². The van der Waals surface area contributed by atoms with Gasteiger partial charge in [0.25, 0.3) is 5.91 Å². The van der Waals surface area contributed by atoms with Gasteiger partial charge in [-0.05, 0) is 25.1 Å². The highest BCUT2D eigenvalue weighted by atomic mass is 35.5. The van der Waals surface area contributed by atoms with Crippen LogP contribution in [0.25, 0.3) is 5.52 Å². The molecule has 1 amide bonds. The quantitative estimate of drug-likeness (QED) is 0.586. The van der Waals surface area contributed by atoms with Crippen LogP contribution in [0, 0.1) is 0 Å². The molecule has 2 heterocycles. The Morgan fingerprint density at radius 3 is 3.00 bits per heavy atom. The highest BCUT2D eigenvalue weighted by molar-refractivity contribution is 6.30. The molecule has 6 nitrogen and oxygen atoms in total. The fourth-order valence-corrected chi connectivity index (χ4v) is 2.01. The summed E-state index contributed by atoms with van der Waals surface area (Å²) in [5.74, 6) is -0.314. The van der Waals surface area contributed by atoms with Crippen LogP contribution < -0.4 is 16.8 Å². The summed E-state index contributed by atoms with van der Waals surface area (Å²) in [6, 6.07) is 3.56. The van der Waals surface area contributed by atoms with Crippen molar-refractivity contribution in [3.63, 3.8) is 0 Å². The number of rotatable bonds is 4. The summed E-state index contributed by atoms with van der Waals surface area (Å²) >= 11 is 5.96. The third-order valence-corrected chi connectivity index (χ3v) is 3.06. The van der Waals surface area contributed by atoms with Gasteiger partial charge in [-0.3, -0.25) is 4.79 Å². The largest absolute Gasteiger partial charge is 0.404 e. The number of hydrogen-bond acceptors (Lipinski definition) is 4. The molecule has 5 N–H and O–H groups in total. The molecule has 0 saturated carbocycles. The molecular formula is C14H16ClN5O. The van der Waals surface area contributed by atoms with Crippen LogP contribution in [0.4, 0.5) is 0 Å². The molecule has 2 aromatic rings. The van der Waals surface area contributed by atoms with E-state index in [1.807, 2.05) is 10.6 Å². The van der Waals surface area contributed by atoms with Crippen molar-refractivity contribution in [1.82, 2.24) is 14.7 Å². The Hall–Kier alpha value is -2.47. The molecule has 0 atom stereocenters. The van der Waals surface area contributed by atoms with Gasteiger partial charge in [-0.2, -0.15) is 0 Å². The Labute approximate surface area is 127 Å². The molecule has 0 aromatic carbocycles. The first-order valence-electron chi connectivity index (χ1n) is 6.26. The van der Waals surface area contributed by atoms with Crippen LogP contribution >= 0.6 is 11.6 Å². The van der Waals surface area contributed by atoms with Gasteiger partial charge in [-0.15, -0.1) is 0 Å². The number of pyridine rings is 1. The van der Waals surface area contributed by atoms with E-state index in [0.29, 0.717) is 16.3 Å². The molecule has 0 aliphatic heterocycles. The van der Waals surface area contributed by atoms with Gasteiger partial charge in [0.05, 0.1) is 29.7 Å². The Morgan fingerprint density at radius 1 is 1.57 bits per heavy atom. The summed E-state index contributed by atoms with van der Waals surface area (Å²) in [5.41, 5.74) is 13.3. The zero-order chi connectivity index (χ0) is 15.4. The van der Waals surface area contributed by atoms with Crippen LogP contribution in [0.2, 0.25) is 5.02 Å². The molecule has 0 aliphatic carbocycles. The number of nitrogens with one attached hydrogen (secondary N) is 1. The van der Waals surface area contributed by atoms with E-state index in [9.17, 15) is 4.79 Å². The van der Waals surface area contributed by atoms with E-state index in [1.54, 1.807) is 25.4 Å². The first kappa shape index (κ1) is 14.9. The summed E-state index contributed by atoms with van der Waals surface area (Å²) in [7, 11) is 0. The number of fused-ring (bicyclic) bond motifs is 1. The molecule has 110 valence electrons. The molecule has 0 saturated heterocycles. The van der Waals surface area contributed by atoms with Crippen molar-refractivity contribution in [1.29, 1.82) is 0 Å². The normalized spacial score (nSPS) is 12.7. The van der Waals surface area contributed by atoms with Crippen molar-refractivity contribution in [2.75, 3.05) is 0 Å². The molecule has 0 unspecified atom stereocenters. The van der Waals surface area contributed by atoms with E-state index in [4.69, 9.17) is 23.1 Å². The number of carbonyl (C=O) groups is 1. The average molecular weight is 306 g/mol. The van der Waals surface area contributed by atoms with Crippen molar-refractivity contribution in [2.45, 2.75) is 13.5 Å². The van der Waals surface area contributed by atoms with Gasteiger partial charge in [-0.25, -0.2) is 4.98 Å². The summed E-state index contributed by atoms with van der Waals surface area (Å²) in [4.78, 5) is 16.2. The lowest BCUT2D eigenvalue weighted by Crippen LogP contribution is -2.25. The molecule has 0 radical (unpaired) electrons. The topological polar surface area (TPSA) is 98.4 Å². The Kier molecular flexibility index (Phi) is 4.49. The molecule has 0 spiro atoms. The lowest BCUT2D eigenvalue weighted by Gasteiger charge is -2.05. The number of allylic oxidation sites excluding steroid dienone is 1. The molecule has 0 fully saturated rings. The summed E-state index contributed by atoms with van der Waals surface area (Å²) in [5, 5.41) is 3.36. The predicted octanol–water partition coefficient (Wildman–Crippen LogP) is 1.31. The minimum atomic E-state index is -0.314. The summed E-state index contributed by atoms with van der Waals surface area (Å²) in [6.07, 6.45) is 6.20. The summed E-state index contributed by atoms with van der Waals surface area (Å²) in [6.45, 7) is 1.95. The molecule has 7 heteroatoms. The minimum absolute atomic E-state index is 0.268. The molecular weight excluding hydrogens is 290 g/mol. The zero-order valence-electron chi connectivity index (χ0n) is 11.5. The van der Waals surface area contributed by atoms with Crippen molar-refractivity contribution in [2.24, 2.45) is 11.5 Å².